The van der Waals surface area contributed by atoms with E-state index in [2.05, 4.69) is 36.4 Å². The average Bonchev–Trinajstić information content (AvgIpc) is 2.69. The van der Waals surface area contributed by atoms with Crippen molar-refractivity contribution < 1.29 is 0 Å². The van der Waals surface area contributed by atoms with Gasteiger partial charge in [0.15, 0.2) is 0 Å². The number of hydrogen-bond donors (Lipinski definition) is 1. The molecule has 0 saturated heterocycles. The zero-order valence-corrected chi connectivity index (χ0v) is 11.4. The van der Waals surface area contributed by atoms with Gasteiger partial charge in [0.1, 0.15) is 0 Å². The molecule has 0 amide bonds. The third-order valence-corrected chi connectivity index (χ3v) is 3.81. The van der Waals surface area contributed by atoms with Crippen molar-refractivity contribution in [3.05, 3.63) is 11.9 Å². The van der Waals surface area contributed by atoms with Gasteiger partial charge in [0.05, 0.1) is 5.69 Å². The van der Waals surface area contributed by atoms with Crippen LogP contribution in [0.15, 0.2) is 6.20 Å². The molecule has 96 valence electrons. The smallest absolute Gasteiger partial charge is 0.0842 e. The van der Waals surface area contributed by atoms with E-state index in [9.17, 15) is 0 Å². The predicted molar refractivity (Wildman–Crippen MR) is 68.7 cm³/mol. The first-order valence-corrected chi connectivity index (χ1v) is 6.61. The normalized spacial score (nSPS) is 23.6. The lowest BCUT2D eigenvalue weighted by Gasteiger charge is -2.19. The summed E-state index contributed by atoms with van der Waals surface area (Å²) < 4.78 is 1.78. The molecule has 1 heterocycles. The third-order valence-electron chi connectivity index (χ3n) is 3.81. The molecule has 0 spiro atoms. The summed E-state index contributed by atoms with van der Waals surface area (Å²) in [6, 6.07) is 0.557. The Morgan fingerprint density at radius 2 is 2.29 bits per heavy atom. The molecule has 2 unspecified atom stereocenters. The SMILES string of the molecule is CCCNC(Cc1cn(C)nn1)C1CC1(C)C. The van der Waals surface area contributed by atoms with Crippen molar-refractivity contribution in [1.29, 1.82) is 0 Å². The van der Waals surface area contributed by atoms with Gasteiger partial charge in [0.2, 0.25) is 0 Å². The Hall–Kier alpha value is -0.900. The average molecular weight is 236 g/mol. The van der Waals surface area contributed by atoms with Crippen LogP contribution in [0.5, 0.6) is 0 Å². The van der Waals surface area contributed by atoms with Gasteiger partial charge in [0, 0.05) is 25.7 Å². The molecule has 1 aliphatic carbocycles. The number of nitrogens with one attached hydrogen (secondary N) is 1. The molecule has 1 aliphatic rings. The number of aryl methyl sites for hydroxylation is 1. The molecule has 2 atom stereocenters. The monoisotopic (exact) mass is 236 g/mol. The molecular weight excluding hydrogens is 212 g/mol. The molecule has 1 N–H and O–H groups in total. The summed E-state index contributed by atoms with van der Waals surface area (Å²) in [6.07, 6.45) is 5.54. The van der Waals surface area contributed by atoms with E-state index in [-0.39, 0.29) is 0 Å². The molecule has 4 nitrogen and oxygen atoms in total. The first kappa shape index (κ1) is 12.6. The van der Waals surface area contributed by atoms with Gasteiger partial charge in [-0.05, 0) is 30.7 Å². The quantitative estimate of drug-likeness (QED) is 0.818. The Morgan fingerprint density at radius 3 is 2.76 bits per heavy atom. The van der Waals surface area contributed by atoms with Crippen LogP contribution >= 0.6 is 0 Å². The second-order valence-corrected chi connectivity index (χ2v) is 5.95. The fraction of sp³-hybridized carbons (Fsp3) is 0.846. The Kier molecular flexibility index (Phi) is 3.52. The van der Waals surface area contributed by atoms with Crippen LogP contribution < -0.4 is 5.32 Å². The predicted octanol–water partition coefficient (Wildman–Crippen LogP) is 1.77. The van der Waals surface area contributed by atoms with Gasteiger partial charge >= 0.3 is 0 Å². The van der Waals surface area contributed by atoms with E-state index in [0.29, 0.717) is 11.5 Å². The number of aromatic nitrogens is 3. The van der Waals surface area contributed by atoms with Crippen LogP contribution in [-0.2, 0) is 13.5 Å². The highest BCUT2D eigenvalue weighted by atomic mass is 15.4. The van der Waals surface area contributed by atoms with E-state index in [1.54, 1.807) is 4.68 Å². The minimum absolute atomic E-state index is 0.508. The van der Waals surface area contributed by atoms with Crippen molar-refractivity contribution in [3.63, 3.8) is 0 Å². The molecule has 0 aromatic carbocycles. The Balaban J connectivity index is 1.96. The summed E-state index contributed by atoms with van der Waals surface area (Å²) in [4.78, 5) is 0. The van der Waals surface area contributed by atoms with E-state index >= 15 is 0 Å². The summed E-state index contributed by atoms with van der Waals surface area (Å²) in [5.74, 6) is 0.788. The van der Waals surface area contributed by atoms with E-state index in [4.69, 9.17) is 0 Å². The van der Waals surface area contributed by atoms with Gasteiger partial charge in [-0.1, -0.05) is 26.0 Å². The standard InChI is InChI=1S/C13H24N4/c1-5-6-14-12(11-8-13(11,2)3)7-10-9-17(4)16-15-10/h9,11-12,14H,5-8H2,1-4H3. The van der Waals surface area contributed by atoms with Crippen molar-refractivity contribution in [1.82, 2.24) is 20.3 Å². The highest BCUT2D eigenvalue weighted by Crippen LogP contribution is 2.53. The van der Waals surface area contributed by atoms with Crippen LogP contribution in [0.2, 0.25) is 0 Å². The second kappa shape index (κ2) is 4.77. The summed E-state index contributed by atoms with van der Waals surface area (Å²) in [5.41, 5.74) is 1.61. The molecule has 4 heteroatoms. The number of nitrogens with zero attached hydrogens (tertiary/aromatic N) is 3. The van der Waals surface area contributed by atoms with Crippen molar-refractivity contribution >= 4 is 0 Å². The van der Waals surface area contributed by atoms with Gasteiger partial charge in [-0.15, -0.1) is 5.10 Å². The molecule has 0 bridgehead atoms. The molecule has 1 aromatic heterocycles. The summed E-state index contributed by atoms with van der Waals surface area (Å²) >= 11 is 0. The molecule has 2 rings (SSSR count). The van der Waals surface area contributed by atoms with Crippen LogP contribution in [0.3, 0.4) is 0 Å². The molecule has 1 saturated carbocycles. The van der Waals surface area contributed by atoms with Gasteiger partial charge in [0.25, 0.3) is 0 Å². The van der Waals surface area contributed by atoms with Crippen LogP contribution in [-0.4, -0.2) is 27.6 Å². The first-order valence-electron chi connectivity index (χ1n) is 6.61. The molecule has 0 aliphatic heterocycles. The Morgan fingerprint density at radius 1 is 1.59 bits per heavy atom. The Labute approximate surface area is 104 Å². The largest absolute Gasteiger partial charge is 0.313 e. The van der Waals surface area contributed by atoms with E-state index in [1.807, 2.05) is 13.2 Å². The van der Waals surface area contributed by atoms with Crippen LogP contribution in [0.4, 0.5) is 0 Å². The molecule has 0 radical (unpaired) electrons. The van der Waals surface area contributed by atoms with Crippen molar-refractivity contribution in [2.75, 3.05) is 6.54 Å². The minimum Gasteiger partial charge on any atom is -0.313 e. The van der Waals surface area contributed by atoms with Gasteiger partial charge in [-0.3, -0.25) is 4.68 Å². The van der Waals surface area contributed by atoms with Gasteiger partial charge < -0.3 is 5.32 Å². The highest BCUT2D eigenvalue weighted by molar-refractivity contribution is 5.06. The summed E-state index contributed by atoms with van der Waals surface area (Å²) in [6.45, 7) is 8.02. The number of rotatable bonds is 6. The molecule has 1 fully saturated rings. The fourth-order valence-corrected chi connectivity index (χ4v) is 2.60. The lowest BCUT2D eigenvalue weighted by atomic mass is 10.00. The topological polar surface area (TPSA) is 42.7 Å². The highest BCUT2D eigenvalue weighted by Gasteiger charge is 2.49. The van der Waals surface area contributed by atoms with Crippen LogP contribution in [0.25, 0.3) is 0 Å². The zero-order chi connectivity index (χ0) is 12.5. The summed E-state index contributed by atoms with van der Waals surface area (Å²) in [5, 5.41) is 11.9. The third kappa shape index (κ3) is 3.06. The van der Waals surface area contributed by atoms with E-state index in [1.165, 1.54) is 12.8 Å². The first-order chi connectivity index (χ1) is 8.03. The maximum Gasteiger partial charge on any atom is 0.0842 e. The number of hydrogen-bond acceptors (Lipinski definition) is 3. The molecule has 1 aromatic rings. The van der Waals surface area contributed by atoms with Crippen molar-refractivity contribution in [2.45, 2.75) is 46.1 Å². The van der Waals surface area contributed by atoms with Crippen LogP contribution in [0.1, 0.15) is 39.3 Å². The zero-order valence-electron chi connectivity index (χ0n) is 11.4. The maximum atomic E-state index is 4.19. The van der Waals surface area contributed by atoms with E-state index in [0.717, 1.165) is 24.6 Å². The van der Waals surface area contributed by atoms with Gasteiger partial charge in [-0.25, -0.2) is 0 Å². The Bertz CT molecular complexity index is 369. The lowest BCUT2D eigenvalue weighted by Crippen LogP contribution is -2.35. The minimum atomic E-state index is 0.508. The van der Waals surface area contributed by atoms with Crippen LogP contribution in [0, 0.1) is 11.3 Å². The van der Waals surface area contributed by atoms with Crippen molar-refractivity contribution in [3.8, 4) is 0 Å². The van der Waals surface area contributed by atoms with Gasteiger partial charge in [-0.2, -0.15) is 0 Å². The lowest BCUT2D eigenvalue weighted by molar-refractivity contribution is 0.400. The summed E-state index contributed by atoms with van der Waals surface area (Å²) in [7, 11) is 1.92. The molecule has 17 heavy (non-hydrogen) atoms. The molecular formula is C13H24N4. The second-order valence-electron chi connectivity index (χ2n) is 5.95. The fourth-order valence-electron chi connectivity index (χ4n) is 2.60. The maximum absolute atomic E-state index is 4.19. The van der Waals surface area contributed by atoms with Crippen molar-refractivity contribution in [2.24, 2.45) is 18.4 Å². The van der Waals surface area contributed by atoms with E-state index < -0.39 is 0 Å².